The summed E-state index contributed by atoms with van der Waals surface area (Å²) in [5.41, 5.74) is 1.78. The van der Waals surface area contributed by atoms with Crippen molar-refractivity contribution in [3.63, 3.8) is 0 Å². The lowest BCUT2D eigenvalue weighted by Crippen LogP contribution is -2.41. The zero-order valence-corrected chi connectivity index (χ0v) is 15.5. The van der Waals surface area contributed by atoms with Crippen molar-refractivity contribution >= 4 is 29.1 Å². The number of halogens is 1. The van der Waals surface area contributed by atoms with Crippen LogP contribution in [-0.2, 0) is 16.1 Å². The predicted molar refractivity (Wildman–Crippen MR) is 101 cm³/mol. The average molecular weight is 377 g/mol. The smallest absolute Gasteiger partial charge is 0.255 e. The highest BCUT2D eigenvalue weighted by Crippen LogP contribution is 2.23. The minimum absolute atomic E-state index is 0.120. The number of morpholine rings is 1. The standard InChI is InChI=1S/C18H21ClN4O3/c1-12-10-17(25)23(18(20-12)22-6-8-26-9-7-22)11-16(24)21-15-5-3-4-14(19)13(15)2/h3-5,10H,6-9,11H2,1-2H3,(H,21,24). The van der Waals surface area contributed by atoms with Crippen LogP contribution in [0.2, 0.25) is 5.02 Å². The first-order valence-corrected chi connectivity index (χ1v) is 8.79. The molecule has 0 radical (unpaired) electrons. The van der Waals surface area contributed by atoms with Gasteiger partial charge in [0, 0.05) is 35.6 Å². The number of benzene rings is 1. The van der Waals surface area contributed by atoms with Gasteiger partial charge in [-0.05, 0) is 31.5 Å². The molecule has 1 saturated heterocycles. The van der Waals surface area contributed by atoms with Gasteiger partial charge < -0.3 is 15.0 Å². The van der Waals surface area contributed by atoms with Crippen molar-refractivity contribution in [2.75, 3.05) is 36.5 Å². The Kier molecular flexibility index (Phi) is 5.58. The number of nitrogens with zero attached hydrogens (tertiary/aromatic N) is 3. The van der Waals surface area contributed by atoms with Crippen molar-refractivity contribution < 1.29 is 9.53 Å². The zero-order valence-electron chi connectivity index (χ0n) is 14.8. The summed E-state index contributed by atoms with van der Waals surface area (Å²) in [6, 6.07) is 6.74. The number of aromatic nitrogens is 2. The SMILES string of the molecule is Cc1cc(=O)n(CC(=O)Nc2cccc(Cl)c2C)c(N2CCOCC2)n1. The van der Waals surface area contributed by atoms with Gasteiger partial charge in [0.25, 0.3) is 5.56 Å². The molecule has 0 aliphatic carbocycles. The van der Waals surface area contributed by atoms with Crippen molar-refractivity contribution in [3.8, 4) is 0 Å². The van der Waals surface area contributed by atoms with Crippen LogP contribution in [0.4, 0.5) is 11.6 Å². The Balaban J connectivity index is 1.85. The summed E-state index contributed by atoms with van der Waals surface area (Å²) in [5.74, 6) is 0.189. The fraction of sp³-hybridized carbons (Fsp3) is 0.389. The van der Waals surface area contributed by atoms with E-state index in [1.165, 1.54) is 10.6 Å². The summed E-state index contributed by atoms with van der Waals surface area (Å²) < 4.78 is 6.75. The molecule has 1 fully saturated rings. The molecule has 26 heavy (non-hydrogen) atoms. The van der Waals surface area contributed by atoms with Crippen molar-refractivity contribution in [2.24, 2.45) is 0 Å². The lowest BCUT2D eigenvalue weighted by molar-refractivity contribution is -0.116. The first-order valence-electron chi connectivity index (χ1n) is 8.42. The zero-order chi connectivity index (χ0) is 18.7. The summed E-state index contributed by atoms with van der Waals surface area (Å²) in [7, 11) is 0. The molecule has 1 N–H and O–H groups in total. The Morgan fingerprint density at radius 3 is 2.77 bits per heavy atom. The lowest BCUT2D eigenvalue weighted by Gasteiger charge is -2.29. The number of anilines is 2. The van der Waals surface area contributed by atoms with Crippen molar-refractivity contribution in [2.45, 2.75) is 20.4 Å². The minimum Gasteiger partial charge on any atom is -0.378 e. The number of amides is 1. The topological polar surface area (TPSA) is 76.5 Å². The highest BCUT2D eigenvalue weighted by molar-refractivity contribution is 6.31. The van der Waals surface area contributed by atoms with Crippen molar-refractivity contribution in [3.05, 3.63) is 50.9 Å². The number of ether oxygens (including phenoxy) is 1. The molecular weight excluding hydrogens is 356 g/mol. The molecule has 1 aliphatic heterocycles. The first kappa shape index (κ1) is 18.4. The highest BCUT2D eigenvalue weighted by atomic mass is 35.5. The van der Waals surface area contributed by atoms with E-state index in [0.717, 1.165) is 5.56 Å². The second-order valence-electron chi connectivity index (χ2n) is 6.18. The molecule has 0 unspecified atom stereocenters. The number of carbonyl (C=O) groups is 1. The molecule has 1 aromatic carbocycles. The molecule has 1 aromatic heterocycles. The summed E-state index contributed by atoms with van der Waals surface area (Å²) >= 11 is 6.09. The monoisotopic (exact) mass is 376 g/mol. The fourth-order valence-electron chi connectivity index (χ4n) is 2.84. The van der Waals surface area contributed by atoms with Gasteiger partial charge in [0.2, 0.25) is 11.9 Å². The first-order chi connectivity index (χ1) is 12.5. The second kappa shape index (κ2) is 7.88. The van der Waals surface area contributed by atoms with E-state index in [1.54, 1.807) is 25.1 Å². The number of nitrogens with one attached hydrogen (secondary N) is 1. The van der Waals surface area contributed by atoms with Gasteiger partial charge in [-0.15, -0.1) is 0 Å². The summed E-state index contributed by atoms with van der Waals surface area (Å²) in [6.07, 6.45) is 0. The number of rotatable bonds is 4. The van der Waals surface area contributed by atoms with Crippen LogP contribution < -0.4 is 15.8 Å². The Labute approximate surface area is 156 Å². The van der Waals surface area contributed by atoms with Crippen molar-refractivity contribution in [1.82, 2.24) is 9.55 Å². The summed E-state index contributed by atoms with van der Waals surface area (Å²) in [6.45, 7) is 5.87. The Morgan fingerprint density at radius 2 is 2.04 bits per heavy atom. The normalized spacial score (nSPS) is 14.3. The van der Waals surface area contributed by atoms with E-state index in [2.05, 4.69) is 10.3 Å². The third-order valence-corrected chi connectivity index (χ3v) is 4.66. The van der Waals surface area contributed by atoms with E-state index in [1.807, 2.05) is 11.8 Å². The predicted octanol–water partition coefficient (Wildman–Crippen LogP) is 1.99. The van der Waals surface area contributed by atoms with E-state index in [4.69, 9.17) is 16.3 Å². The molecule has 1 aliphatic rings. The van der Waals surface area contributed by atoms with Gasteiger partial charge in [-0.2, -0.15) is 0 Å². The quantitative estimate of drug-likeness (QED) is 0.883. The van der Waals surface area contributed by atoms with Crippen LogP contribution >= 0.6 is 11.6 Å². The molecule has 138 valence electrons. The minimum atomic E-state index is -0.308. The van der Waals surface area contributed by atoms with Crippen LogP contribution in [0.25, 0.3) is 0 Å². The van der Waals surface area contributed by atoms with E-state index < -0.39 is 0 Å². The molecule has 3 rings (SSSR count). The number of carbonyl (C=O) groups excluding carboxylic acids is 1. The molecule has 0 spiro atoms. The fourth-order valence-corrected chi connectivity index (χ4v) is 3.01. The van der Waals surface area contributed by atoms with E-state index in [0.29, 0.717) is 48.7 Å². The van der Waals surface area contributed by atoms with Gasteiger partial charge >= 0.3 is 0 Å². The molecule has 0 bridgehead atoms. The van der Waals surface area contributed by atoms with Crippen LogP contribution in [0.3, 0.4) is 0 Å². The maximum absolute atomic E-state index is 12.5. The molecule has 7 nitrogen and oxygen atoms in total. The van der Waals surface area contributed by atoms with E-state index >= 15 is 0 Å². The maximum Gasteiger partial charge on any atom is 0.255 e. The maximum atomic E-state index is 12.5. The molecule has 0 saturated carbocycles. The molecule has 8 heteroatoms. The Morgan fingerprint density at radius 1 is 1.31 bits per heavy atom. The van der Waals surface area contributed by atoms with Crippen LogP contribution in [0.1, 0.15) is 11.3 Å². The van der Waals surface area contributed by atoms with Gasteiger partial charge in [0.1, 0.15) is 6.54 Å². The van der Waals surface area contributed by atoms with Gasteiger partial charge in [-0.1, -0.05) is 17.7 Å². The van der Waals surface area contributed by atoms with E-state index in [-0.39, 0.29) is 18.0 Å². The van der Waals surface area contributed by atoms with Crippen LogP contribution in [0.5, 0.6) is 0 Å². The molecule has 0 atom stereocenters. The number of hydrogen-bond acceptors (Lipinski definition) is 5. The lowest BCUT2D eigenvalue weighted by atomic mass is 10.2. The van der Waals surface area contributed by atoms with Gasteiger partial charge in [-0.3, -0.25) is 14.2 Å². The van der Waals surface area contributed by atoms with Gasteiger partial charge in [0.15, 0.2) is 0 Å². The largest absolute Gasteiger partial charge is 0.378 e. The average Bonchev–Trinajstić information content (AvgIpc) is 2.62. The molecule has 2 aromatic rings. The van der Waals surface area contributed by atoms with Crippen LogP contribution in [-0.4, -0.2) is 41.8 Å². The second-order valence-corrected chi connectivity index (χ2v) is 6.59. The molecule has 1 amide bonds. The van der Waals surface area contributed by atoms with Gasteiger partial charge in [0.05, 0.1) is 13.2 Å². The van der Waals surface area contributed by atoms with Crippen LogP contribution in [0.15, 0.2) is 29.1 Å². The molecular formula is C18H21ClN4O3. The highest BCUT2D eigenvalue weighted by Gasteiger charge is 2.19. The Bertz CT molecular complexity index is 875. The number of aryl methyl sites for hydroxylation is 1. The third-order valence-electron chi connectivity index (χ3n) is 4.25. The third kappa shape index (κ3) is 4.05. The van der Waals surface area contributed by atoms with Crippen molar-refractivity contribution in [1.29, 1.82) is 0 Å². The van der Waals surface area contributed by atoms with Crippen LogP contribution in [0, 0.1) is 13.8 Å². The summed E-state index contributed by atoms with van der Waals surface area (Å²) in [4.78, 5) is 31.5. The molecule has 2 heterocycles. The van der Waals surface area contributed by atoms with Gasteiger partial charge in [-0.25, -0.2) is 4.98 Å². The van der Waals surface area contributed by atoms with E-state index in [9.17, 15) is 9.59 Å². The number of hydrogen-bond donors (Lipinski definition) is 1. The summed E-state index contributed by atoms with van der Waals surface area (Å²) in [5, 5.41) is 3.39. The Hall–Kier alpha value is -2.38.